The van der Waals surface area contributed by atoms with Crippen LogP contribution in [0, 0.1) is 5.82 Å². The molecule has 2 aromatic carbocycles. The molecule has 0 atom stereocenters. The molecule has 0 saturated carbocycles. The van der Waals surface area contributed by atoms with Gasteiger partial charge >= 0.3 is 0 Å². The molecule has 0 saturated heterocycles. The Morgan fingerprint density at radius 2 is 1.81 bits per heavy atom. The summed E-state index contributed by atoms with van der Waals surface area (Å²) >= 11 is 0. The molecule has 0 fully saturated rings. The van der Waals surface area contributed by atoms with E-state index in [0.717, 1.165) is 27.9 Å². The zero-order valence-electron chi connectivity index (χ0n) is 15.3. The van der Waals surface area contributed by atoms with Crippen LogP contribution in [0.2, 0.25) is 0 Å². The van der Waals surface area contributed by atoms with Crippen molar-refractivity contribution in [1.82, 2.24) is 5.43 Å². The third-order valence-electron chi connectivity index (χ3n) is 3.60. The first-order valence-corrected chi connectivity index (χ1v) is 9.84. The van der Waals surface area contributed by atoms with Gasteiger partial charge in [-0.1, -0.05) is 18.2 Å². The van der Waals surface area contributed by atoms with Gasteiger partial charge in [-0.25, -0.2) is 18.2 Å². The van der Waals surface area contributed by atoms with Gasteiger partial charge in [0.1, 0.15) is 12.4 Å². The van der Waals surface area contributed by atoms with Crippen LogP contribution < -0.4 is 14.6 Å². The molecule has 0 bridgehead atoms. The van der Waals surface area contributed by atoms with Crippen molar-refractivity contribution >= 4 is 33.5 Å². The molecule has 0 aliphatic heterocycles. The Labute approximate surface area is 158 Å². The zero-order chi connectivity index (χ0) is 20.0. The highest BCUT2D eigenvalue weighted by Gasteiger charge is 2.21. The number of anilines is 2. The topological polar surface area (TPSA) is 82.1 Å². The van der Waals surface area contributed by atoms with Crippen LogP contribution in [-0.2, 0) is 14.8 Å². The van der Waals surface area contributed by atoms with Crippen LogP contribution in [-0.4, -0.2) is 47.4 Å². The molecule has 0 radical (unpaired) electrons. The summed E-state index contributed by atoms with van der Waals surface area (Å²) in [7, 11) is 0.0815. The minimum absolute atomic E-state index is 0.0657. The van der Waals surface area contributed by atoms with Gasteiger partial charge in [0, 0.05) is 19.8 Å². The van der Waals surface area contributed by atoms with Crippen molar-refractivity contribution in [3.63, 3.8) is 0 Å². The number of amides is 1. The minimum Gasteiger partial charge on any atom is -0.378 e. The predicted octanol–water partition coefficient (Wildman–Crippen LogP) is 1.81. The molecule has 0 heterocycles. The number of benzene rings is 2. The SMILES string of the molecule is CN(C)c1ccc(/C=N\NC(=O)CN(c2cccc(F)c2)S(C)(=O)=O)cc1. The lowest BCUT2D eigenvalue weighted by Crippen LogP contribution is -2.39. The van der Waals surface area contributed by atoms with E-state index < -0.39 is 28.3 Å². The number of nitrogens with zero attached hydrogens (tertiary/aromatic N) is 3. The number of sulfonamides is 1. The van der Waals surface area contributed by atoms with Crippen molar-refractivity contribution in [2.75, 3.05) is 36.1 Å². The molecule has 144 valence electrons. The first-order valence-electron chi connectivity index (χ1n) is 7.99. The number of halogens is 1. The summed E-state index contributed by atoms with van der Waals surface area (Å²) in [6.45, 7) is -0.515. The Balaban J connectivity index is 2.03. The lowest BCUT2D eigenvalue weighted by molar-refractivity contribution is -0.119. The van der Waals surface area contributed by atoms with Gasteiger partial charge in [0.2, 0.25) is 10.0 Å². The number of carbonyl (C=O) groups excluding carboxylic acids is 1. The van der Waals surface area contributed by atoms with Crippen molar-refractivity contribution in [2.45, 2.75) is 0 Å². The molecule has 0 aliphatic rings. The maximum absolute atomic E-state index is 13.4. The molecular weight excluding hydrogens is 371 g/mol. The van der Waals surface area contributed by atoms with Crippen molar-refractivity contribution in [1.29, 1.82) is 0 Å². The summed E-state index contributed by atoms with van der Waals surface area (Å²) in [5.74, 6) is -1.24. The Hall–Kier alpha value is -2.94. The predicted molar refractivity (Wildman–Crippen MR) is 105 cm³/mol. The third-order valence-corrected chi connectivity index (χ3v) is 4.74. The Morgan fingerprint density at radius 1 is 1.15 bits per heavy atom. The largest absolute Gasteiger partial charge is 0.378 e. The molecule has 0 unspecified atom stereocenters. The molecule has 1 N–H and O–H groups in total. The van der Waals surface area contributed by atoms with Crippen LogP contribution in [0.25, 0.3) is 0 Å². The second-order valence-electron chi connectivity index (χ2n) is 6.03. The van der Waals surface area contributed by atoms with Crippen molar-refractivity contribution in [3.8, 4) is 0 Å². The molecule has 7 nitrogen and oxygen atoms in total. The highest BCUT2D eigenvalue weighted by molar-refractivity contribution is 7.92. The van der Waals surface area contributed by atoms with Crippen LogP contribution in [0.1, 0.15) is 5.56 Å². The maximum atomic E-state index is 13.4. The number of carbonyl (C=O) groups is 1. The first-order chi connectivity index (χ1) is 12.7. The fourth-order valence-corrected chi connectivity index (χ4v) is 3.08. The van der Waals surface area contributed by atoms with Gasteiger partial charge in [0.25, 0.3) is 5.91 Å². The van der Waals surface area contributed by atoms with Gasteiger partial charge in [0.05, 0.1) is 18.2 Å². The first kappa shape index (κ1) is 20.4. The summed E-state index contributed by atoms with van der Waals surface area (Å²) in [6, 6.07) is 12.5. The van der Waals surface area contributed by atoms with Gasteiger partial charge in [-0.05, 0) is 35.9 Å². The average molecular weight is 392 g/mol. The van der Waals surface area contributed by atoms with E-state index in [1.807, 2.05) is 43.3 Å². The molecular formula is C18H21FN4O3S. The zero-order valence-corrected chi connectivity index (χ0v) is 16.1. The molecule has 27 heavy (non-hydrogen) atoms. The molecule has 1 amide bonds. The van der Waals surface area contributed by atoms with Crippen LogP contribution >= 0.6 is 0 Å². The minimum atomic E-state index is -3.77. The second kappa shape index (κ2) is 8.63. The van der Waals surface area contributed by atoms with E-state index in [4.69, 9.17) is 0 Å². The van der Waals surface area contributed by atoms with Crippen molar-refractivity contribution in [2.24, 2.45) is 5.10 Å². The lowest BCUT2D eigenvalue weighted by atomic mass is 10.2. The third kappa shape index (κ3) is 6.07. The molecule has 2 aromatic rings. The Bertz CT molecular complexity index is 928. The fourth-order valence-electron chi connectivity index (χ4n) is 2.23. The van der Waals surface area contributed by atoms with E-state index in [2.05, 4.69) is 10.5 Å². The summed E-state index contributed by atoms with van der Waals surface area (Å²) in [5, 5.41) is 3.83. The summed E-state index contributed by atoms with van der Waals surface area (Å²) in [6.07, 6.45) is 2.39. The Morgan fingerprint density at radius 3 is 2.37 bits per heavy atom. The van der Waals surface area contributed by atoms with Crippen LogP contribution in [0.4, 0.5) is 15.8 Å². The summed E-state index contributed by atoms with van der Waals surface area (Å²) < 4.78 is 38.1. The monoisotopic (exact) mass is 392 g/mol. The van der Waals surface area contributed by atoms with Gasteiger partial charge < -0.3 is 4.90 Å². The molecule has 0 spiro atoms. The smallest absolute Gasteiger partial charge is 0.260 e. The quantitative estimate of drug-likeness (QED) is 0.576. The number of hydrogen-bond donors (Lipinski definition) is 1. The number of rotatable bonds is 7. The van der Waals surface area contributed by atoms with Crippen LogP contribution in [0.15, 0.2) is 53.6 Å². The lowest BCUT2D eigenvalue weighted by Gasteiger charge is -2.21. The van der Waals surface area contributed by atoms with E-state index in [1.165, 1.54) is 24.4 Å². The van der Waals surface area contributed by atoms with Crippen molar-refractivity contribution in [3.05, 3.63) is 59.9 Å². The van der Waals surface area contributed by atoms with E-state index >= 15 is 0 Å². The van der Waals surface area contributed by atoms with Crippen molar-refractivity contribution < 1.29 is 17.6 Å². The number of hydrogen-bond acceptors (Lipinski definition) is 5. The highest BCUT2D eigenvalue weighted by Crippen LogP contribution is 2.18. The second-order valence-corrected chi connectivity index (χ2v) is 7.94. The van der Waals surface area contributed by atoms with Gasteiger partial charge in [0.15, 0.2) is 0 Å². The number of nitrogens with one attached hydrogen (secondary N) is 1. The van der Waals surface area contributed by atoms with E-state index in [1.54, 1.807) is 0 Å². The summed E-state index contributed by atoms with van der Waals surface area (Å²) in [5.41, 5.74) is 4.13. The summed E-state index contributed by atoms with van der Waals surface area (Å²) in [4.78, 5) is 14.0. The van der Waals surface area contributed by atoms with Crippen LogP contribution in [0.3, 0.4) is 0 Å². The Kier molecular flexibility index (Phi) is 6.51. The normalized spacial score (nSPS) is 11.4. The van der Waals surface area contributed by atoms with E-state index in [0.29, 0.717) is 0 Å². The number of hydrazone groups is 1. The highest BCUT2D eigenvalue weighted by atomic mass is 32.2. The van der Waals surface area contributed by atoms with Crippen LogP contribution in [0.5, 0.6) is 0 Å². The van der Waals surface area contributed by atoms with Gasteiger partial charge in [-0.3, -0.25) is 9.10 Å². The molecule has 9 heteroatoms. The maximum Gasteiger partial charge on any atom is 0.260 e. The van der Waals surface area contributed by atoms with Gasteiger partial charge in [-0.15, -0.1) is 0 Å². The molecule has 0 aromatic heterocycles. The molecule has 0 aliphatic carbocycles. The standard InChI is InChI=1S/C18H21FN4O3S/c1-22(2)16-9-7-14(8-10-16)12-20-21-18(24)13-23(27(3,25)26)17-6-4-5-15(19)11-17/h4-12H,13H2,1-3H3,(H,21,24)/b20-12-. The van der Waals surface area contributed by atoms with E-state index in [-0.39, 0.29) is 5.69 Å². The van der Waals surface area contributed by atoms with E-state index in [9.17, 15) is 17.6 Å². The fraction of sp³-hybridized carbons (Fsp3) is 0.222. The van der Waals surface area contributed by atoms with Gasteiger partial charge in [-0.2, -0.15) is 5.10 Å². The average Bonchev–Trinajstić information content (AvgIpc) is 2.59. The molecule has 2 rings (SSSR count).